The highest BCUT2D eigenvalue weighted by molar-refractivity contribution is 9.06. The average Bonchev–Trinajstić information content (AvgIpc) is 1.83. The van der Waals surface area contributed by atoms with Gasteiger partial charge in [-0.1, -0.05) is 6.42 Å². The minimum Gasteiger partial charge on any atom is -0.383 e. The van der Waals surface area contributed by atoms with Gasteiger partial charge >= 0.3 is 5.97 Å². The molecule has 0 saturated heterocycles. The lowest BCUT2D eigenvalue weighted by Gasteiger charge is -2.22. The Labute approximate surface area is 73.6 Å². The zero-order valence-corrected chi connectivity index (χ0v) is 7.59. The van der Waals surface area contributed by atoms with Crippen molar-refractivity contribution in [1.82, 2.24) is 0 Å². The summed E-state index contributed by atoms with van der Waals surface area (Å²) in [6, 6.07) is 0. The van der Waals surface area contributed by atoms with Gasteiger partial charge in [-0.2, -0.15) is 0 Å². The number of carbonyl (C=O) groups is 2. The number of Topliss-reactive ketones (excluding diaryl/α,β-unsaturated/α-hetero) is 1. The van der Waals surface area contributed by atoms with Crippen molar-refractivity contribution in [2.45, 2.75) is 25.7 Å². The van der Waals surface area contributed by atoms with E-state index < -0.39 is 5.97 Å². The summed E-state index contributed by atoms with van der Waals surface area (Å²) >= 11 is 2.53. The Morgan fingerprint density at radius 3 is 2.45 bits per heavy atom. The molecule has 4 heteroatoms. The fraction of sp³-hybridized carbons (Fsp3) is 0.714. The lowest BCUT2D eigenvalue weighted by molar-refractivity contribution is -0.138. The number of ketones is 1. The Morgan fingerprint density at radius 1 is 1.45 bits per heavy atom. The van der Waals surface area contributed by atoms with Crippen LogP contribution in [-0.4, -0.2) is 11.8 Å². The molecule has 0 bridgehead atoms. The third-order valence-electron chi connectivity index (χ3n) is 1.97. The van der Waals surface area contributed by atoms with E-state index in [1.807, 2.05) is 0 Å². The molecule has 0 aromatic rings. The van der Waals surface area contributed by atoms with Crippen molar-refractivity contribution in [2.24, 2.45) is 5.92 Å². The average molecular weight is 221 g/mol. The summed E-state index contributed by atoms with van der Waals surface area (Å²) in [4.78, 5) is 21.6. The predicted octanol–water partition coefficient (Wildman–Crippen LogP) is 1.60. The molecule has 0 aromatic carbocycles. The molecule has 1 rings (SSSR count). The molecule has 3 nitrogen and oxygen atoms in total. The number of rotatable bonds is 3. The highest BCUT2D eigenvalue weighted by Crippen LogP contribution is 2.28. The van der Waals surface area contributed by atoms with Crippen LogP contribution in [0.1, 0.15) is 25.7 Å². The van der Waals surface area contributed by atoms with Crippen molar-refractivity contribution in [1.29, 1.82) is 0 Å². The van der Waals surface area contributed by atoms with E-state index in [1.165, 1.54) is 0 Å². The molecule has 0 N–H and O–H groups in total. The van der Waals surface area contributed by atoms with Gasteiger partial charge in [-0.3, -0.25) is 9.59 Å². The van der Waals surface area contributed by atoms with Gasteiger partial charge in [-0.25, -0.2) is 0 Å². The van der Waals surface area contributed by atoms with E-state index >= 15 is 0 Å². The molecule has 1 fully saturated rings. The smallest absolute Gasteiger partial charge is 0.324 e. The summed E-state index contributed by atoms with van der Waals surface area (Å²) in [6.07, 6.45) is 2.90. The van der Waals surface area contributed by atoms with Gasteiger partial charge in [0.2, 0.25) is 0 Å². The highest BCUT2D eigenvalue weighted by atomic mass is 79.9. The normalized spacial score (nSPS) is 17.2. The van der Waals surface area contributed by atoms with Crippen LogP contribution in [0.4, 0.5) is 0 Å². The van der Waals surface area contributed by atoms with Crippen LogP contribution in [0.25, 0.3) is 0 Å². The zero-order chi connectivity index (χ0) is 8.27. The molecule has 1 aliphatic carbocycles. The summed E-state index contributed by atoms with van der Waals surface area (Å²) in [5.74, 6) is -0.357. The van der Waals surface area contributed by atoms with Crippen molar-refractivity contribution < 1.29 is 13.4 Å². The highest BCUT2D eigenvalue weighted by Gasteiger charge is 2.26. The summed E-state index contributed by atoms with van der Waals surface area (Å²) < 4.78 is 4.19. The van der Waals surface area contributed by atoms with Crippen LogP contribution in [0.15, 0.2) is 0 Å². The minimum absolute atomic E-state index is 0.0145. The molecule has 0 spiro atoms. The topological polar surface area (TPSA) is 43.4 Å². The number of halogens is 1. The van der Waals surface area contributed by atoms with Crippen LogP contribution in [0.3, 0.4) is 0 Å². The van der Waals surface area contributed by atoms with E-state index in [4.69, 9.17) is 0 Å². The number of hydrogen-bond acceptors (Lipinski definition) is 3. The first-order valence-corrected chi connectivity index (χ1v) is 4.23. The van der Waals surface area contributed by atoms with E-state index in [9.17, 15) is 9.59 Å². The molecule has 1 saturated carbocycles. The van der Waals surface area contributed by atoms with Gasteiger partial charge in [-0.05, 0) is 12.8 Å². The molecule has 0 amide bonds. The van der Waals surface area contributed by atoms with Crippen molar-refractivity contribution in [3.63, 3.8) is 0 Å². The molecule has 0 aromatic heterocycles. The molecule has 0 aliphatic heterocycles. The molecular formula is C7H9BrO3. The van der Waals surface area contributed by atoms with E-state index in [-0.39, 0.29) is 18.1 Å². The van der Waals surface area contributed by atoms with Crippen LogP contribution in [0, 0.1) is 5.92 Å². The van der Waals surface area contributed by atoms with Crippen molar-refractivity contribution >= 4 is 28.0 Å². The van der Waals surface area contributed by atoms with E-state index in [2.05, 4.69) is 20.1 Å². The van der Waals surface area contributed by atoms with Gasteiger partial charge in [0.15, 0.2) is 16.3 Å². The SMILES string of the molecule is O=C(CC(=O)C1CCC1)OBr. The van der Waals surface area contributed by atoms with Crippen LogP contribution in [-0.2, 0) is 13.4 Å². The monoisotopic (exact) mass is 220 g/mol. The Kier molecular flexibility index (Phi) is 3.05. The third-order valence-corrected chi connectivity index (χ3v) is 2.33. The van der Waals surface area contributed by atoms with Gasteiger partial charge in [0, 0.05) is 5.92 Å². The third kappa shape index (κ3) is 2.29. The maximum atomic E-state index is 11.1. The first kappa shape index (κ1) is 8.71. The van der Waals surface area contributed by atoms with Crippen LogP contribution in [0.2, 0.25) is 0 Å². The second-order valence-electron chi connectivity index (χ2n) is 2.72. The van der Waals surface area contributed by atoms with E-state index in [0.29, 0.717) is 0 Å². The lowest BCUT2D eigenvalue weighted by Crippen LogP contribution is -2.24. The largest absolute Gasteiger partial charge is 0.383 e. The molecule has 0 radical (unpaired) electrons. The number of hydrogen-bond donors (Lipinski definition) is 0. The maximum absolute atomic E-state index is 11.1. The van der Waals surface area contributed by atoms with Crippen molar-refractivity contribution in [2.75, 3.05) is 0 Å². The quantitative estimate of drug-likeness (QED) is 0.679. The van der Waals surface area contributed by atoms with Gasteiger partial charge in [-0.15, -0.1) is 0 Å². The second kappa shape index (κ2) is 3.85. The first-order valence-electron chi connectivity index (χ1n) is 3.58. The molecule has 0 atom stereocenters. The fourth-order valence-corrected chi connectivity index (χ4v) is 1.16. The van der Waals surface area contributed by atoms with Crippen molar-refractivity contribution in [3.8, 4) is 0 Å². The summed E-state index contributed by atoms with van der Waals surface area (Å²) in [5.41, 5.74) is 0. The number of carbonyl (C=O) groups excluding carboxylic acids is 2. The van der Waals surface area contributed by atoms with Crippen LogP contribution >= 0.6 is 16.3 Å². The molecule has 1 aliphatic rings. The fourth-order valence-electron chi connectivity index (χ4n) is 1.04. The van der Waals surface area contributed by atoms with Gasteiger partial charge < -0.3 is 3.83 Å². The zero-order valence-electron chi connectivity index (χ0n) is 6.01. The molecular weight excluding hydrogens is 212 g/mol. The predicted molar refractivity (Wildman–Crippen MR) is 42.0 cm³/mol. The molecule has 62 valence electrons. The maximum Gasteiger partial charge on any atom is 0.324 e. The Hall–Kier alpha value is -0.380. The van der Waals surface area contributed by atoms with Crippen molar-refractivity contribution in [3.05, 3.63) is 0 Å². The molecule has 0 heterocycles. The first-order chi connectivity index (χ1) is 5.24. The standard InChI is InChI=1S/C7H9BrO3/c8-11-7(10)4-6(9)5-2-1-3-5/h5H,1-4H2. The summed E-state index contributed by atoms with van der Waals surface area (Å²) in [5, 5.41) is 0. The van der Waals surface area contributed by atoms with Crippen LogP contribution < -0.4 is 0 Å². The van der Waals surface area contributed by atoms with Crippen LogP contribution in [0.5, 0.6) is 0 Å². The van der Waals surface area contributed by atoms with E-state index in [0.717, 1.165) is 19.3 Å². The molecule has 11 heavy (non-hydrogen) atoms. The van der Waals surface area contributed by atoms with Gasteiger partial charge in [0.05, 0.1) is 0 Å². The second-order valence-corrected chi connectivity index (χ2v) is 3.04. The van der Waals surface area contributed by atoms with Gasteiger partial charge in [0.25, 0.3) is 0 Å². The minimum atomic E-state index is -0.498. The Bertz CT molecular complexity index is 175. The Morgan fingerprint density at radius 2 is 2.09 bits per heavy atom. The summed E-state index contributed by atoms with van der Waals surface area (Å²) in [6.45, 7) is 0. The lowest BCUT2D eigenvalue weighted by atomic mass is 9.81. The Balaban J connectivity index is 2.25. The van der Waals surface area contributed by atoms with E-state index in [1.54, 1.807) is 0 Å². The summed E-state index contributed by atoms with van der Waals surface area (Å²) in [7, 11) is 0. The molecule has 0 unspecified atom stereocenters. The van der Waals surface area contributed by atoms with Gasteiger partial charge in [0.1, 0.15) is 12.2 Å².